The molecular formula is C20H24FN3O4. The molecule has 1 aromatic heterocycles. The summed E-state index contributed by atoms with van der Waals surface area (Å²) in [5, 5.41) is 9.50. The van der Waals surface area contributed by atoms with Crippen LogP contribution in [0, 0.1) is 12.7 Å². The second-order valence-corrected chi connectivity index (χ2v) is 7.80. The first kappa shape index (κ1) is 18.9. The van der Waals surface area contributed by atoms with E-state index >= 15 is 4.39 Å². The number of nitrogens with two attached hydrogens (primary N) is 1. The van der Waals surface area contributed by atoms with Crippen molar-refractivity contribution in [1.82, 2.24) is 4.57 Å². The predicted molar refractivity (Wildman–Crippen MR) is 104 cm³/mol. The lowest BCUT2D eigenvalue weighted by Crippen LogP contribution is -2.50. The number of piperidine rings is 1. The molecule has 0 spiro atoms. The van der Waals surface area contributed by atoms with Crippen molar-refractivity contribution in [3.05, 3.63) is 39.4 Å². The van der Waals surface area contributed by atoms with Gasteiger partial charge in [-0.2, -0.15) is 0 Å². The number of aromatic carboxylic acids is 1. The summed E-state index contributed by atoms with van der Waals surface area (Å²) in [4.78, 5) is 26.1. The molecule has 1 aliphatic carbocycles. The summed E-state index contributed by atoms with van der Waals surface area (Å²) < 4.78 is 22.4. The van der Waals surface area contributed by atoms with Gasteiger partial charge in [0, 0.05) is 43.9 Å². The maximum atomic E-state index is 15.2. The van der Waals surface area contributed by atoms with Gasteiger partial charge in [-0.3, -0.25) is 4.79 Å². The van der Waals surface area contributed by atoms with Gasteiger partial charge in [0.15, 0.2) is 0 Å². The van der Waals surface area contributed by atoms with E-state index < -0.39 is 17.2 Å². The van der Waals surface area contributed by atoms with Crippen LogP contribution in [-0.4, -0.2) is 48.0 Å². The van der Waals surface area contributed by atoms with Crippen molar-refractivity contribution in [2.75, 3.05) is 25.1 Å². The highest BCUT2D eigenvalue weighted by molar-refractivity contribution is 5.95. The van der Waals surface area contributed by atoms with Crippen LogP contribution in [0.5, 0.6) is 0 Å². The Morgan fingerprint density at radius 2 is 2.07 bits per heavy atom. The number of carboxylic acid groups (broad SMARTS) is 1. The largest absolute Gasteiger partial charge is 0.477 e. The number of pyridine rings is 1. The summed E-state index contributed by atoms with van der Waals surface area (Å²) in [6.07, 6.45) is 3.82. The second kappa shape index (κ2) is 6.86. The van der Waals surface area contributed by atoms with Crippen molar-refractivity contribution in [3.63, 3.8) is 0 Å². The van der Waals surface area contributed by atoms with Crippen LogP contribution in [-0.2, 0) is 4.74 Å². The molecule has 0 amide bonds. The van der Waals surface area contributed by atoms with Crippen LogP contribution < -0.4 is 16.1 Å². The van der Waals surface area contributed by atoms with Gasteiger partial charge in [0.05, 0.1) is 17.3 Å². The van der Waals surface area contributed by atoms with Crippen molar-refractivity contribution in [1.29, 1.82) is 0 Å². The number of hydrogen-bond acceptors (Lipinski definition) is 5. The molecule has 2 aromatic rings. The smallest absolute Gasteiger partial charge is 0.341 e. The monoisotopic (exact) mass is 389 g/mol. The fourth-order valence-corrected chi connectivity index (χ4v) is 4.29. The van der Waals surface area contributed by atoms with Crippen LogP contribution in [0.15, 0.2) is 17.1 Å². The Hall–Kier alpha value is -2.45. The van der Waals surface area contributed by atoms with Gasteiger partial charge >= 0.3 is 5.97 Å². The molecule has 4 rings (SSSR count). The summed E-state index contributed by atoms with van der Waals surface area (Å²) in [7, 11) is 1.61. The Kier molecular flexibility index (Phi) is 4.63. The molecule has 1 saturated heterocycles. The molecule has 28 heavy (non-hydrogen) atoms. The van der Waals surface area contributed by atoms with E-state index in [4.69, 9.17) is 10.5 Å². The SMILES string of the molecule is CO[C@H]1C[C@H](N)CN(c2c(F)cc3c(=O)c(C(=O)O)cn(C4CC4)c3c2C)C1. The molecule has 2 fully saturated rings. The first-order chi connectivity index (χ1) is 13.3. The van der Waals surface area contributed by atoms with Crippen molar-refractivity contribution in [3.8, 4) is 0 Å². The van der Waals surface area contributed by atoms with Gasteiger partial charge in [0.25, 0.3) is 0 Å². The van der Waals surface area contributed by atoms with Crippen LogP contribution in [0.2, 0.25) is 0 Å². The highest BCUT2D eigenvalue weighted by Gasteiger charge is 2.32. The van der Waals surface area contributed by atoms with E-state index in [1.165, 1.54) is 12.3 Å². The number of aromatic nitrogens is 1. The van der Waals surface area contributed by atoms with Crippen LogP contribution >= 0.6 is 0 Å². The number of carboxylic acids is 1. The molecule has 7 nitrogen and oxygen atoms in total. The molecule has 0 radical (unpaired) electrons. The first-order valence-electron chi connectivity index (χ1n) is 9.46. The molecule has 1 aromatic carbocycles. The number of hydrogen-bond donors (Lipinski definition) is 2. The van der Waals surface area contributed by atoms with E-state index in [1.807, 2.05) is 9.47 Å². The van der Waals surface area contributed by atoms with Crippen LogP contribution in [0.4, 0.5) is 10.1 Å². The summed E-state index contributed by atoms with van der Waals surface area (Å²) in [6.45, 7) is 2.78. The average Bonchev–Trinajstić information content (AvgIpc) is 3.46. The van der Waals surface area contributed by atoms with E-state index in [1.54, 1.807) is 14.0 Å². The Morgan fingerprint density at radius 3 is 2.68 bits per heavy atom. The van der Waals surface area contributed by atoms with Crippen LogP contribution in [0.3, 0.4) is 0 Å². The number of halogens is 1. The van der Waals surface area contributed by atoms with Crippen molar-refractivity contribution in [2.45, 2.75) is 44.4 Å². The highest BCUT2D eigenvalue weighted by atomic mass is 19.1. The molecule has 1 aliphatic heterocycles. The molecule has 8 heteroatoms. The molecule has 0 unspecified atom stereocenters. The van der Waals surface area contributed by atoms with Crippen molar-refractivity contribution >= 4 is 22.6 Å². The van der Waals surface area contributed by atoms with Gasteiger partial charge in [-0.05, 0) is 37.8 Å². The maximum Gasteiger partial charge on any atom is 0.341 e. The number of methoxy groups -OCH3 is 1. The minimum atomic E-state index is -1.30. The fourth-order valence-electron chi connectivity index (χ4n) is 4.29. The Bertz CT molecular complexity index is 1010. The van der Waals surface area contributed by atoms with Crippen molar-refractivity contribution in [2.24, 2.45) is 5.73 Å². The van der Waals surface area contributed by atoms with E-state index in [2.05, 4.69) is 0 Å². The zero-order chi connectivity index (χ0) is 20.2. The third-order valence-electron chi connectivity index (χ3n) is 5.74. The maximum absolute atomic E-state index is 15.2. The van der Waals surface area contributed by atoms with Crippen molar-refractivity contribution < 1.29 is 19.0 Å². The molecular weight excluding hydrogens is 365 g/mol. The van der Waals surface area contributed by atoms with Gasteiger partial charge < -0.3 is 25.0 Å². The third-order valence-corrected chi connectivity index (χ3v) is 5.74. The fraction of sp³-hybridized carbons (Fsp3) is 0.500. The summed E-state index contributed by atoms with van der Waals surface area (Å²) in [5.41, 5.74) is 6.79. The zero-order valence-corrected chi connectivity index (χ0v) is 15.9. The number of anilines is 1. The van der Waals surface area contributed by atoms with Gasteiger partial charge in [-0.25, -0.2) is 9.18 Å². The minimum absolute atomic E-state index is 0.0988. The van der Waals surface area contributed by atoms with Gasteiger partial charge in [-0.15, -0.1) is 0 Å². The Balaban J connectivity index is 1.95. The summed E-state index contributed by atoms with van der Waals surface area (Å²) in [6, 6.07) is 1.16. The van der Waals surface area contributed by atoms with Gasteiger partial charge in [-0.1, -0.05) is 0 Å². The quantitative estimate of drug-likeness (QED) is 0.830. The predicted octanol–water partition coefficient (Wildman–Crippen LogP) is 2.03. The average molecular weight is 389 g/mol. The number of carbonyl (C=O) groups is 1. The normalized spacial score (nSPS) is 22.6. The lowest BCUT2D eigenvalue weighted by molar-refractivity contribution is 0.0694. The molecule has 1 saturated carbocycles. The van der Waals surface area contributed by atoms with Crippen LogP contribution in [0.1, 0.15) is 41.2 Å². The molecule has 2 aliphatic rings. The molecule has 2 heterocycles. The van der Waals surface area contributed by atoms with E-state index in [9.17, 15) is 14.7 Å². The Morgan fingerprint density at radius 1 is 1.36 bits per heavy atom. The number of rotatable bonds is 4. The van der Waals surface area contributed by atoms with Gasteiger partial charge in [0.1, 0.15) is 11.4 Å². The van der Waals surface area contributed by atoms with E-state index in [-0.39, 0.29) is 29.1 Å². The number of nitrogens with zero attached hydrogens (tertiary/aromatic N) is 2. The molecule has 2 atom stereocenters. The second-order valence-electron chi connectivity index (χ2n) is 7.80. The Labute approximate surface area is 161 Å². The first-order valence-corrected chi connectivity index (χ1v) is 9.46. The molecule has 150 valence electrons. The minimum Gasteiger partial charge on any atom is -0.477 e. The number of aryl methyl sites for hydroxylation is 1. The zero-order valence-electron chi connectivity index (χ0n) is 15.9. The molecule has 3 N–H and O–H groups in total. The summed E-state index contributed by atoms with van der Waals surface area (Å²) in [5.74, 6) is -1.84. The number of fused-ring (bicyclic) bond motifs is 1. The van der Waals surface area contributed by atoms with E-state index in [0.29, 0.717) is 36.3 Å². The third kappa shape index (κ3) is 3.06. The lowest BCUT2D eigenvalue weighted by atomic mass is 9.99. The van der Waals surface area contributed by atoms with Crippen LogP contribution in [0.25, 0.3) is 10.9 Å². The number of benzene rings is 1. The number of ether oxygens (including phenoxy) is 1. The van der Waals surface area contributed by atoms with E-state index in [0.717, 1.165) is 12.8 Å². The van der Waals surface area contributed by atoms with Gasteiger partial charge in [0.2, 0.25) is 5.43 Å². The standard InChI is InChI=1S/C20H24FN3O4/c1-10-17-14(19(25)15(20(26)27)9-24(17)12-3-4-12)6-16(21)18(10)23-7-11(22)5-13(8-23)28-2/h6,9,11-13H,3-5,7-8,22H2,1-2H3,(H,26,27)/t11-,13-/m0/s1. The summed E-state index contributed by atoms with van der Waals surface area (Å²) >= 11 is 0. The topological polar surface area (TPSA) is 97.8 Å². The lowest BCUT2D eigenvalue weighted by Gasteiger charge is -2.38. The molecule has 0 bridgehead atoms. The highest BCUT2D eigenvalue weighted by Crippen LogP contribution is 2.40.